The fourth-order valence-corrected chi connectivity index (χ4v) is 2.56. The molecule has 0 N–H and O–H groups in total. The number of nitrogens with zero attached hydrogens (tertiary/aromatic N) is 3. The number of hydrogen-bond acceptors (Lipinski definition) is 3. The van der Waals surface area contributed by atoms with Gasteiger partial charge in [0, 0.05) is 26.7 Å². The third-order valence-electron chi connectivity index (χ3n) is 3.83. The minimum absolute atomic E-state index is 0.0562. The largest absolute Gasteiger partial charge is 0.343 e. The number of rotatable bonds is 2. The fourth-order valence-electron chi connectivity index (χ4n) is 2.56. The van der Waals surface area contributed by atoms with Crippen molar-refractivity contribution in [1.29, 1.82) is 5.26 Å². The van der Waals surface area contributed by atoms with Crippen molar-refractivity contribution in [3.8, 4) is 6.07 Å². The van der Waals surface area contributed by atoms with E-state index in [-0.39, 0.29) is 5.91 Å². The van der Waals surface area contributed by atoms with Gasteiger partial charge in [-0.05, 0) is 37.6 Å². The molecule has 1 aromatic carbocycles. The average Bonchev–Trinajstić information content (AvgIpc) is 2.39. The van der Waals surface area contributed by atoms with Crippen LogP contribution in [0.4, 0.5) is 4.39 Å². The molecule has 2 rings (SSSR count). The second-order valence-corrected chi connectivity index (χ2v) is 5.67. The summed E-state index contributed by atoms with van der Waals surface area (Å²) in [4.78, 5) is 15.9. The summed E-state index contributed by atoms with van der Waals surface area (Å²) in [6.45, 7) is 5.58. The first-order valence-corrected chi connectivity index (χ1v) is 6.55. The summed E-state index contributed by atoms with van der Waals surface area (Å²) in [5.41, 5.74) is 0.400. The van der Waals surface area contributed by atoms with E-state index in [4.69, 9.17) is 5.26 Å². The average molecular weight is 275 g/mol. The molecule has 1 saturated heterocycles. The molecule has 0 aliphatic carbocycles. The molecule has 0 spiro atoms. The zero-order valence-electron chi connectivity index (χ0n) is 12.0. The Labute approximate surface area is 118 Å². The predicted molar refractivity (Wildman–Crippen MR) is 73.2 cm³/mol. The number of piperazine rings is 1. The van der Waals surface area contributed by atoms with Crippen LogP contribution in [0.15, 0.2) is 18.2 Å². The second kappa shape index (κ2) is 5.22. The van der Waals surface area contributed by atoms with Crippen molar-refractivity contribution < 1.29 is 9.18 Å². The lowest BCUT2D eigenvalue weighted by Crippen LogP contribution is -2.61. The predicted octanol–water partition coefficient (Wildman–Crippen LogP) is 1.75. The fraction of sp³-hybridized carbons (Fsp3) is 0.467. The molecule has 0 bridgehead atoms. The molecule has 1 heterocycles. The smallest absolute Gasteiger partial charge is 0.242 e. The molecule has 0 aromatic heterocycles. The Balaban J connectivity index is 2.24. The number of carbonyl (C=O) groups is 1. The minimum atomic E-state index is -0.619. The molecular formula is C15H18FN3O. The van der Waals surface area contributed by atoms with E-state index in [1.165, 1.54) is 12.1 Å². The Hall–Kier alpha value is -1.93. The zero-order valence-corrected chi connectivity index (χ0v) is 12.0. The molecule has 0 saturated carbocycles. The normalized spacial score (nSPS) is 18.9. The maximum absolute atomic E-state index is 13.5. The summed E-state index contributed by atoms with van der Waals surface area (Å²) in [5.74, 6) is -0.363. The summed E-state index contributed by atoms with van der Waals surface area (Å²) in [6, 6.07) is 6.25. The topological polar surface area (TPSA) is 47.3 Å². The van der Waals surface area contributed by atoms with E-state index >= 15 is 0 Å². The van der Waals surface area contributed by atoms with Gasteiger partial charge in [0.25, 0.3) is 0 Å². The van der Waals surface area contributed by atoms with E-state index in [2.05, 4.69) is 0 Å². The summed E-state index contributed by atoms with van der Waals surface area (Å²) in [7, 11) is 1.79. The van der Waals surface area contributed by atoms with Gasteiger partial charge in [0.2, 0.25) is 5.91 Å². The molecule has 1 aliphatic heterocycles. The van der Waals surface area contributed by atoms with Gasteiger partial charge >= 0.3 is 0 Å². The van der Waals surface area contributed by atoms with E-state index in [0.29, 0.717) is 24.2 Å². The van der Waals surface area contributed by atoms with Crippen molar-refractivity contribution in [2.45, 2.75) is 25.9 Å². The van der Waals surface area contributed by atoms with Crippen LogP contribution >= 0.6 is 0 Å². The molecule has 106 valence electrons. The van der Waals surface area contributed by atoms with E-state index in [9.17, 15) is 9.18 Å². The van der Waals surface area contributed by atoms with Crippen LogP contribution in [0.2, 0.25) is 0 Å². The van der Waals surface area contributed by atoms with Gasteiger partial charge in [-0.2, -0.15) is 5.26 Å². The molecule has 1 aliphatic rings. The third kappa shape index (κ3) is 2.66. The molecule has 5 heteroatoms. The lowest BCUT2D eigenvalue weighted by Gasteiger charge is -2.44. The maximum Gasteiger partial charge on any atom is 0.242 e. The lowest BCUT2D eigenvalue weighted by molar-refractivity contribution is -0.147. The Kier molecular flexibility index (Phi) is 3.78. The molecule has 0 unspecified atom stereocenters. The van der Waals surface area contributed by atoms with Crippen molar-refractivity contribution >= 4 is 5.91 Å². The number of halogens is 1. The summed E-state index contributed by atoms with van der Waals surface area (Å²) < 4.78 is 13.5. The van der Waals surface area contributed by atoms with Gasteiger partial charge < -0.3 is 4.90 Å². The maximum atomic E-state index is 13.5. The van der Waals surface area contributed by atoms with Gasteiger partial charge in [-0.25, -0.2) is 4.39 Å². The quantitative estimate of drug-likeness (QED) is 0.826. The van der Waals surface area contributed by atoms with Crippen LogP contribution in [0, 0.1) is 17.1 Å². The summed E-state index contributed by atoms with van der Waals surface area (Å²) >= 11 is 0. The van der Waals surface area contributed by atoms with Crippen LogP contribution in [0.1, 0.15) is 25.0 Å². The van der Waals surface area contributed by atoms with Crippen molar-refractivity contribution in [2.24, 2.45) is 0 Å². The molecule has 20 heavy (non-hydrogen) atoms. The van der Waals surface area contributed by atoms with Crippen LogP contribution in [0.25, 0.3) is 0 Å². The molecule has 0 atom stereocenters. The molecule has 0 radical (unpaired) electrons. The van der Waals surface area contributed by atoms with Crippen molar-refractivity contribution in [3.05, 3.63) is 35.1 Å². The Morgan fingerprint density at radius 2 is 2.05 bits per heavy atom. The van der Waals surface area contributed by atoms with Gasteiger partial charge in [0.1, 0.15) is 5.82 Å². The highest BCUT2D eigenvalue weighted by molar-refractivity contribution is 5.86. The Bertz CT molecular complexity index is 577. The van der Waals surface area contributed by atoms with E-state index in [0.717, 1.165) is 6.54 Å². The Morgan fingerprint density at radius 3 is 2.70 bits per heavy atom. The van der Waals surface area contributed by atoms with E-state index in [1.54, 1.807) is 18.0 Å². The number of amides is 1. The van der Waals surface area contributed by atoms with E-state index in [1.807, 2.05) is 24.8 Å². The van der Waals surface area contributed by atoms with Gasteiger partial charge in [-0.3, -0.25) is 9.69 Å². The van der Waals surface area contributed by atoms with Gasteiger partial charge in [0.05, 0.1) is 17.2 Å². The highest BCUT2D eigenvalue weighted by atomic mass is 19.1. The van der Waals surface area contributed by atoms with Gasteiger partial charge in [-0.1, -0.05) is 0 Å². The monoisotopic (exact) mass is 275 g/mol. The third-order valence-corrected chi connectivity index (χ3v) is 3.83. The van der Waals surface area contributed by atoms with Crippen molar-refractivity contribution in [1.82, 2.24) is 9.80 Å². The van der Waals surface area contributed by atoms with E-state index < -0.39 is 11.4 Å². The number of nitriles is 1. The number of likely N-dealkylation sites (N-methyl/N-ethyl adjacent to an activating group) is 1. The highest BCUT2D eigenvalue weighted by Gasteiger charge is 2.40. The first kappa shape index (κ1) is 14.5. The number of benzene rings is 1. The SMILES string of the molecule is CN1CCN(Cc2cc(F)cc(C#N)c2)C(C)(C)C1=O. The van der Waals surface area contributed by atoms with Crippen molar-refractivity contribution in [2.75, 3.05) is 20.1 Å². The molecule has 1 fully saturated rings. The summed E-state index contributed by atoms with van der Waals surface area (Å²) in [5, 5.41) is 8.88. The molecule has 1 amide bonds. The standard InChI is InChI=1S/C15H18FN3O/c1-15(2)14(20)18(3)4-5-19(15)10-12-6-11(9-17)7-13(16)8-12/h6-8H,4-5,10H2,1-3H3. The van der Waals surface area contributed by atoms with Crippen LogP contribution < -0.4 is 0 Å². The Morgan fingerprint density at radius 1 is 1.35 bits per heavy atom. The number of hydrogen-bond donors (Lipinski definition) is 0. The first-order chi connectivity index (χ1) is 9.34. The minimum Gasteiger partial charge on any atom is -0.343 e. The lowest BCUT2D eigenvalue weighted by atomic mass is 9.96. The van der Waals surface area contributed by atoms with Crippen LogP contribution in [-0.2, 0) is 11.3 Å². The van der Waals surface area contributed by atoms with Crippen LogP contribution in [-0.4, -0.2) is 41.4 Å². The first-order valence-electron chi connectivity index (χ1n) is 6.55. The zero-order chi connectivity index (χ0) is 14.9. The summed E-state index contributed by atoms with van der Waals surface area (Å²) in [6.07, 6.45) is 0. The highest BCUT2D eigenvalue weighted by Crippen LogP contribution is 2.24. The van der Waals surface area contributed by atoms with Gasteiger partial charge in [-0.15, -0.1) is 0 Å². The van der Waals surface area contributed by atoms with Gasteiger partial charge in [0.15, 0.2) is 0 Å². The molecular weight excluding hydrogens is 257 g/mol. The number of carbonyl (C=O) groups excluding carboxylic acids is 1. The van der Waals surface area contributed by atoms with Crippen LogP contribution in [0.3, 0.4) is 0 Å². The van der Waals surface area contributed by atoms with Crippen molar-refractivity contribution in [3.63, 3.8) is 0 Å². The van der Waals surface area contributed by atoms with Crippen LogP contribution in [0.5, 0.6) is 0 Å². The molecule has 1 aromatic rings. The second-order valence-electron chi connectivity index (χ2n) is 5.67. The molecule has 4 nitrogen and oxygen atoms in total.